The zero-order valence-electron chi connectivity index (χ0n) is 6.80. The Morgan fingerprint density at radius 2 is 1.82 bits per heavy atom. The van der Waals surface area contributed by atoms with Gasteiger partial charge in [-0.15, -0.1) is 0 Å². The molecule has 0 bridgehead atoms. The average molecular weight is 170 g/mol. The molecule has 0 aromatic carbocycles. The lowest BCUT2D eigenvalue weighted by Gasteiger charge is -2.13. The second-order valence-electron chi connectivity index (χ2n) is 3.52. The van der Waals surface area contributed by atoms with E-state index in [1.807, 2.05) is 19.6 Å². The number of ether oxygens (including phenoxy) is 1. The second-order valence-corrected chi connectivity index (χ2v) is 8.56. The summed E-state index contributed by atoms with van der Waals surface area (Å²) in [6.45, 7) is 6.00. The summed E-state index contributed by atoms with van der Waals surface area (Å²) < 4.78 is 4.36. The highest BCUT2D eigenvalue weighted by molar-refractivity contribution is 6.87. The summed E-state index contributed by atoms with van der Waals surface area (Å²) in [5, 5.41) is 0.586. The van der Waals surface area contributed by atoms with E-state index in [0.717, 1.165) is 0 Å². The van der Waals surface area contributed by atoms with E-state index >= 15 is 0 Å². The van der Waals surface area contributed by atoms with Crippen LogP contribution >= 0.6 is 0 Å². The van der Waals surface area contributed by atoms with Crippen molar-refractivity contribution < 1.29 is 14.3 Å². The van der Waals surface area contributed by atoms with Gasteiger partial charge in [0.25, 0.3) is 0 Å². The number of rotatable bonds is 1. The number of esters is 2. The molecular formula is C7H10O3Si. The lowest BCUT2D eigenvalue weighted by Crippen LogP contribution is -2.27. The summed E-state index contributed by atoms with van der Waals surface area (Å²) in [5.41, 5.74) is 0. The van der Waals surface area contributed by atoms with Gasteiger partial charge in [-0.05, 0) is 0 Å². The molecule has 0 aromatic heterocycles. The standard InChI is InChI=1S/C7H10O3Si/c1-11(2,3)5-4-6(8)10-7(5)9/h4H,1-3H3. The van der Waals surface area contributed by atoms with Crippen LogP contribution in [0, 0.1) is 0 Å². The fraction of sp³-hybridized carbons (Fsp3) is 0.429. The van der Waals surface area contributed by atoms with E-state index in [9.17, 15) is 9.59 Å². The van der Waals surface area contributed by atoms with E-state index in [0.29, 0.717) is 5.20 Å². The second kappa shape index (κ2) is 2.30. The smallest absolute Gasteiger partial charge is 0.338 e. The topological polar surface area (TPSA) is 43.4 Å². The van der Waals surface area contributed by atoms with Crippen LogP contribution < -0.4 is 0 Å². The summed E-state index contributed by atoms with van der Waals surface area (Å²) in [6.07, 6.45) is 1.31. The molecule has 0 saturated heterocycles. The highest BCUT2D eigenvalue weighted by atomic mass is 28.3. The van der Waals surface area contributed by atoms with Gasteiger partial charge in [-0.2, -0.15) is 0 Å². The Hall–Kier alpha value is -0.903. The van der Waals surface area contributed by atoms with E-state index in [2.05, 4.69) is 4.74 Å². The molecule has 0 aromatic rings. The molecule has 3 nitrogen and oxygen atoms in total. The molecule has 1 aliphatic heterocycles. The normalized spacial score (nSPS) is 18.3. The van der Waals surface area contributed by atoms with Gasteiger partial charge in [0.1, 0.15) is 0 Å². The van der Waals surface area contributed by atoms with Crippen molar-refractivity contribution in [2.75, 3.05) is 0 Å². The van der Waals surface area contributed by atoms with E-state index in [1.165, 1.54) is 6.08 Å². The van der Waals surface area contributed by atoms with Crippen molar-refractivity contribution in [2.45, 2.75) is 19.6 Å². The van der Waals surface area contributed by atoms with Crippen LogP contribution in [0.3, 0.4) is 0 Å². The average Bonchev–Trinajstić information content (AvgIpc) is 2.08. The van der Waals surface area contributed by atoms with Crippen molar-refractivity contribution >= 4 is 20.0 Å². The van der Waals surface area contributed by atoms with Crippen molar-refractivity contribution in [2.24, 2.45) is 0 Å². The molecule has 0 atom stereocenters. The summed E-state index contributed by atoms with van der Waals surface area (Å²) >= 11 is 0. The molecule has 60 valence electrons. The number of carbonyl (C=O) groups is 2. The van der Waals surface area contributed by atoms with E-state index in [4.69, 9.17) is 0 Å². The molecule has 0 radical (unpaired) electrons. The van der Waals surface area contributed by atoms with Crippen molar-refractivity contribution in [3.63, 3.8) is 0 Å². The largest absolute Gasteiger partial charge is 0.387 e. The minimum Gasteiger partial charge on any atom is -0.387 e. The molecule has 0 N–H and O–H groups in total. The third-order valence-electron chi connectivity index (χ3n) is 1.48. The van der Waals surface area contributed by atoms with Gasteiger partial charge in [0, 0.05) is 11.3 Å². The fourth-order valence-electron chi connectivity index (χ4n) is 0.875. The quantitative estimate of drug-likeness (QED) is 0.333. The number of carbonyl (C=O) groups excluding carboxylic acids is 2. The van der Waals surface area contributed by atoms with Gasteiger partial charge in [-0.1, -0.05) is 19.6 Å². The van der Waals surface area contributed by atoms with Crippen LogP contribution in [0.2, 0.25) is 19.6 Å². The monoisotopic (exact) mass is 170 g/mol. The number of cyclic esters (lactones) is 2. The first-order valence-electron chi connectivity index (χ1n) is 3.39. The minimum atomic E-state index is -1.66. The van der Waals surface area contributed by atoms with E-state index < -0.39 is 20.0 Å². The molecule has 0 fully saturated rings. The van der Waals surface area contributed by atoms with Crippen molar-refractivity contribution in [3.8, 4) is 0 Å². The van der Waals surface area contributed by atoms with Gasteiger partial charge >= 0.3 is 11.9 Å². The van der Waals surface area contributed by atoms with Crippen LogP contribution in [-0.4, -0.2) is 20.0 Å². The Morgan fingerprint density at radius 1 is 1.27 bits per heavy atom. The maximum Gasteiger partial charge on any atom is 0.338 e. The highest BCUT2D eigenvalue weighted by Crippen LogP contribution is 2.20. The SMILES string of the molecule is C[Si](C)(C)C1=CC(=O)OC1=O. The van der Waals surface area contributed by atoms with Crippen LogP contribution in [0.1, 0.15) is 0 Å². The van der Waals surface area contributed by atoms with Crippen molar-refractivity contribution in [3.05, 3.63) is 11.3 Å². The highest BCUT2D eigenvalue weighted by Gasteiger charge is 2.33. The molecular weight excluding hydrogens is 160 g/mol. The summed E-state index contributed by atoms with van der Waals surface area (Å²) in [4.78, 5) is 21.6. The lowest BCUT2D eigenvalue weighted by atomic mass is 10.5. The zero-order valence-corrected chi connectivity index (χ0v) is 7.80. The Morgan fingerprint density at radius 3 is 2.00 bits per heavy atom. The van der Waals surface area contributed by atoms with E-state index in [-0.39, 0.29) is 0 Å². The van der Waals surface area contributed by atoms with Crippen LogP contribution in [0.25, 0.3) is 0 Å². The van der Waals surface area contributed by atoms with Crippen LogP contribution in [-0.2, 0) is 14.3 Å². The first kappa shape index (κ1) is 8.20. The summed E-state index contributed by atoms with van der Waals surface area (Å²) in [5.74, 6) is -0.971. The van der Waals surface area contributed by atoms with Gasteiger partial charge < -0.3 is 4.74 Å². The van der Waals surface area contributed by atoms with Crippen molar-refractivity contribution in [1.29, 1.82) is 0 Å². The fourth-order valence-corrected chi connectivity index (χ4v) is 2.09. The van der Waals surface area contributed by atoms with Gasteiger partial charge in [0.05, 0.1) is 8.07 Å². The zero-order chi connectivity index (χ0) is 8.65. The van der Waals surface area contributed by atoms with Gasteiger partial charge in [-0.25, -0.2) is 9.59 Å². The molecule has 4 heteroatoms. The Kier molecular flexibility index (Phi) is 1.71. The lowest BCUT2D eigenvalue weighted by molar-refractivity contribution is -0.150. The van der Waals surface area contributed by atoms with Gasteiger partial charge in [-0.3, -0.25) is 0 Å². The third-order valence-corrected chi connectivity index (χ3v) is 3.45. The van der Waals surface area contributed by atoms with Crippen LogP contribution in [0.5, 0.6) is 0 Å². The van der Waals surface area contributed by atoms with E-state index in [1.54, 1.807) is 0 Å². The first-order valence-corrected chi connectivity index (χ1v) is 6.89. The Labute approximate surface area is 66.1 Å². The molecule has 1 rings (SSSR count). The molecule has 0 unspecified atom stereocenters. The van der Waals surface area contributed by atoms with Gasteiger partial charge in [0.15, 0.2) is 0 Å². The Balaban J connectivity index is 2.97. The van der Waals surface area contributed by atoms with Crippen LogP contribution in [0.15, 0.2) is 11.3 Å². The molecule has 11 heavy (non-hydrogen) atoms. The molecule has 0 amide bonds. The maximum absolute atomic E-state index is 11.0. The molecule has 1 heterocycles. The first-order chi connectivity index (χ1) is 4.91. The predicted octanol–water partition coefficient (Wildman–Crippen LogP) is 0.874. The Bertz CT molecular complexity index is 247. The maximum atomic E-state index is 11.0. The number of hydrogen-bond donors (Lipinski definition) is 0. The molecule has 0 spiro atoms. The van der Waals surface area contributed by atoms with Crippen molar-refractivity contribution in [1.82, 2.24) is 0 Å². The minimum absolute atomic E-state index is 0.450. The molecule has 1 aliphatic rings. The molecule has 0 saturated carbocycles. The predicted molar refractivity (Wildman–Crippen MR) is 42.5 cm³/mol. The number of hydrogen-bond acceptors (Lipinski definition) is 3. The van der Waals surface area contributed by atoms with Crippen LogP contribution in [0.4, 0.5) is 0 Å². The molecule has 0 aliphatic carbocycles. The summed E-state index contributed by atoms with van der Waals surface area (Å²) in [6, 6.07) is 0. The third kappa shape index (κ3) is 1.57. The van der Waals surface area contributed by atoms with Gasteiger partial charge in [0.2, 0.25) is 0 Å². The summed E-state index contributed by atoms with van der Waals surface area (Å²) in [7, 11) is -1.66.